The van der Waals surface area contributed by atoms with E-state index < -0.39 is 0 Å². The number of halogens is 2. The number of nitrogens with one attached hydrogen (secondary N) is 1. The van der Waals surface area contributed by atoms with Crippen LogP contribution < -0.4 is 5.32 Å². The molecule has 0 aromatic heterocycles. The monoisotopic (exact) mass is 305 g/mol. The van der Waals surface area contributed by atoms with E-state index in [1.165, 1.54) is 12.1 Å². The van der Waals surface area contributed by atoms with Crippen molar-refractivity contribution >= 4 is 17.5 Å². The molecule has 1 atom stereocenters. The van der Waals surface area contributed by atoms with Crippen LogP contribution in [0, 0.1) is 5.82 Å². The molecule has 1 amide bonds. The molecule has 2 aromatic carbocycles. The molecule has 110 valence electrons. The van der Waals surface area contributed by atoms with Gasteiger partial charge in [-0.2, -0.15) is 0 Å². The van der Waals surface area contributed by atoms with Crippen molar-refractivity contribution in [1.29, 1.82) is 0 Å². The summed E-state index contributed by atoms with van der Waals surface area (Å²) >= 11 is 6.10. The number of amides is 1. The molecular weight excluding hydrogens is 289 g/mol. The Morgan fingerprint density at radius 2 is 2.00 bits per heavy atom. The Morgan fingerprint density at radius 3 is 2.71 bits per heavy atom. The van der Waals surface area contributed by atoms with E-state index in [0.29, 0.717) is 17.0 Å². The average Bonchev–Trinajstić information content (AvgIpc) is 2.41. The van der Waals surface area contributed by atoms with Gasteiger partial charge >= 0.3 is 0 Å². The van der Waals surface area contributed by atoms with Gasteiger partial charge < -0.3 is 5.32 Å². The minimum absolute atomic E-state index is 0.0361. The van der Waals surface area contributed by atoms with Gasteiger partial charge in [-0.05, 0) is 42.7 Å². The van der Waals surface area contributed by atoms with Crippen molar-refractivity contribution in [3.8, 4) is 0 Å². The zero-order chi connectivity index (χ0) is 15.2. The van der Waals surface area contributed by atoms with Crippen LogP contribution in [-0.4, -0.2) is 11.9 Å². The summed E-state index contributed by atoms with van der Waals surface area (Å²) in [4.78, 5) is 11.9. The van der Waals surface area contributed by atoms with Crippen LogP contribution >= 0.6 is 11.6 Å². The first-order chi connectivity index (χ1) is 10.0. The highest BCUT2D eigenvalue weighted by atomic mass is 35.5. The Balaban J connectivity index is 1.89. The van der Waals surface area contributed by atoms with Crippen LogP contribution in [0.25, 0.3) is 0 Å². The van der Waals surface area contributed by atoms with E-state index in [9.17, 15) is 9.18 Å². The number of benzene rings is 2. The fourth-order valence-corrected chi connectivity index (χ4v) is 2.42. The molecule has 0 aliphatic heterocycles. The molecule has 0 spiro atoms. The summed E-state index contributed by atoms with van der Waals surface area (Å²) in [7, 11) is 0. The van der Waals surface area contributed by atoms with Crippen molar-refractivity contribution in [3.63, 3.8) is 0 Å². The van der Waals surface area contributed by atoms with E-state index >= 15 is 0 Å². The molecule has 2 nitrogen and oxygen atoms in total. The molecule has 2 rings (SSSR count). The third-order valence-corrected chi connectivity index (χ3v) is 3.51. The summed E-state index contributed by atoms with van der Waals surface area (Å²) in [5, 5.41) is 3.60. The molecule has 1 N–H and O–H groups in total. The Hall–Kier alpha value is -1.87. The molecule has 0 fully saturated rings. The molecule has 0 radical (unpaired) electrons. The second kappa shape index (κ2) is 7.23. The largest absolute Gasteiger partial charge is 0.353 e. The van der Waals surface area contributed by atoms with Crippen LogP contribution in [0.2, 0.25) is 5.02 Å². The van der Waals surface area contributed by atoms with Crippen LogP contribution in [0.1, 0.15) is 18.1 Å². The summed E-state index contributed by atoms with van der Waals surface area (Å²) in [5.41, 5.74) is 1.66. The summed E-state index contributed by atoms with van der Waals surface area (Å²) < 4.78 is 13.1. The number of carbonyl (C=O) groups is 1. The second-order valence-electron chi connectivity index (χ2n) is 5.07. The van der Waals surface area contributed by atoms with Crippen molar-refractivity contribution in [1.82, 2.24) is 5.32 Å². The first kappa shape index (κ1) is 15.5. The zero-order valence-electron chi connectivity index (χ0n) is 11.8. The highest BCUT2D eigenvalue weighted by Crippen LogP contribution is 2.16. The predicted molar refractivity (Wildman–Crippen MR) is 82.9 cm³/mol. The third kappa shape index (κ3) is 4.87. The molecule has 0 aliphatic rings. The van der Waals surface area contributed by atoms with Crippen LogP contribution in [-0.2, 0) is 17.6 Å². The van der Waals surface area contributed by atoms with Gasteiger partial charge in [0.2, 0.25) is 5.91 Å². The van der Waals surface area contributed by atoms with E-state index in [-0.39, 0.29) is 24.2 Å². The maximum atomic E-state index is 13.1. The lowest BCUT2D eigenvalue weighted by atomic mass is 10.1. The van der Waals surface area contributed by atoms with Gasteiger partial charge in [-0.25, -0.2) is 4.39 Å². The van der Waals surface area contributed by atoms with Gasteiger partial charge in [-0.15, -0.1) is 0 Å². The van der Waals surface area contributed by atoms with Gasteiger partial charge in [0.25, 0.3) is 0 Å². The summed E-state index contributed by atoms with van der Waals surface area (Å²) in [6.45, 7) is 1.92. The van der Waals surface area contributed by atoms with Crippen molar-refractivity contribution in [2.45, 2.75) is 25.8 Å². The third-order valence-electron chi connectivity index (χ3n) is 3.15. The molecule has 0 aliphatic carbocycles. The van der Waals surface area contributed by atoms with Gasteiger partial charge in [-0.3, -0.25) is 4.79 Å². The van der Waals surface area contributed by atoms with E-state index in [0.717, 1.165) is 5.56 Å². The highest BCUT2D eigenvalue weighted by Gasteiger charge is 2.10. The molecule has 0 heterocycles. The van der Waals surface area contributed by atoms with Gasteiger partial charge in [-0.1, -0.05) is 41.9 Å². The van der Waals surface area contributed by atoms with Crippen molar-refractivity contribution in [2.75, 3.05) is 0 Å². The lowest BCUT2D eigenvalue weighted by Crippen LogP contribution is -2.35. The predicted octanol–water partition coefficient (Wildman–Crippen LogP) is 3.77. The standard InChI is InChI=1S/C17H17ClFNO/c1-12(9-14-6-2-3-8-16(14)18)20-17(21)11-13-5-4-7-15(19)10-13/h2-8,10,12H,9,11H2,1H3,(H,20,21)/t12-/m0/s1. The number of carbonyl (C=O) groups excluding carboxylic acids is 1. The fraction of sp³-hybridized carbons (Fsp3) is 0.235. The Kier molecular flexibility index (Phi) is 5.34. The molecule has 4 heteroatoms. The summed E-state index contributed by atoms with van der Waals surface area (Å²) in [5.74, 6) is -0.454. The average molecular weight is 306 g/mol. The lowest BCUT2D eigenvalue weighted by Gasteiger charge is -2.15. The minimum atomic E-state index is -0.329. The maximum Gasteiger partial charge on any atom is 0.224 e. The van der Waals surface area contributed by atoms with Crippen molar-refractivity contribution in [3.05, 3.63) is 70.5 Å². The van der Waals surface area contributed by atoms with Gasteiger partial charge in [0.1, 0.15) is 5.82 Å². The molecule has 0 saturated heterocycles. The maximum absolute atomic E-state index is 13.1. The van der Waals surface area contributed by atoms with Crippen molar-refractivity contribution < 1.29 is 9.18 Å². The SMILES string of the molecule is C[C@@H](Cc1ccccc1Cl)NC(=O)Cc1cccc(F)c1. The first-order valence-corrected chi connectivity index (χ1v) is 7.19. The highest BCUT2D eigenvalue weighted by molar-refractivity contribution is 6.31. The minimum Gasteiger partial charge on any atom is -0.353 e. The molecular formula is C17H17ClFNO. The molecule has 0 bridgehead atoms. The summed E-state index contributed by atoms with van der Waals surface area (Å²) in [6.07, 6.45) is 0.833. The smallest absolute Gasteiger partial charge is 0.224 e. The van der Waals surface area contributed by atoms with Crippen molar-refractivity contribution in [2.24, 2.45) is 0 Å². The van der Waals surface area contributed by atoms with Gasteiger partial charge in [0.15, 0.2) is 0 Å². The van der Waals surface area contributed by atoms with Gasteiger partial charge in [0.05, 0.1) is 6.42 Å². The Bertz CT molecular complexity index is 630. The second-order valence-corrected chi connectivity index (χ2v) is 5.48. The van der Waals surface area contributed by atoms with Crippen LogP contribution in [0.5, 0.6) is 0 Å². The first-order valence-electron chi connectivity index (χ1n) is 6.82. The van der Waals surface area contributed by atoms with Crippen LogP contribution in [0.4, 0.5) is 4.39 Å². The molecule has 2 aromatic rings. The molecule has 21 heavy (non-hydrogen) atoms. The van der Waals surface area contributed by atoms with E-state index in [1.54, 1.807) is 12.1 Å². The zero-order valence-corrected chi connectivity index (χ0v) is 12.5. The fourth-order valence-electron chi connectivity index (χ4n) is 2.20. The van der Waals surface area contributed by atoms with E-state index in [4.69, 9.17) is 11.6 Å². The topological polar surface area (TPSA) is 29.1 Å². The lowest BCUT2D eigenvalue weighted by molar-refractivity contribution is -0.121. The van der Waals surface area contributed by atoms with Crippen LogP contribution in [0.3, 0.4) is 0 Å². The molecule has 0 saturated carbocycles. The quantitative estimate of drug-likeness (QED) is 0.895. The number of hydrogen-bond acceptors (Lipinski definition) is 1. The normalized spacial score (nSPS) is 12.0. The van der Waals surface area contributed by atoms with Gasteiger partial charge in [0, 0.05) is 11.1 Å². The molecule has 0 unspecified atom stereocenters. The number of rotatable bonds is 5. The Labute approximate surface area is 128 Å². The van der Waals surface area contributed by atoms with E-state index in [2.05, 4.69) is 5.32 Å². The van der Waals surface area contributed by atoms with E-state index in [1.807, 2.05) is 31.2 Å². The van der Waals surface area contributed by atoms with Crippen LogP contribution in [0.15, 0.2) is 48.5 Å². The Morgan fingerprint density at radius 1 is 1.24 bits per heavy atom. The number of hydrogen-bond donors (Lipinski definition) is 1. The summed E-state index contributed by atoms with van der Waals surface area (Å²) in [6, 6.07) is 13.6.